The van der Waals surface area contributed by atoms with E-state index in [4.69, 9.17) is 0 Å². The van der Waals surface area contributed by atoms with Crippen molar-refractivity contribution in [3.63, 3.8) is 0 Å². The molecule has 2 aliphatic rings. The van der Waals surface area contributed by atoms with Gasteiger partial charge in [0.05, 0.1) is 5.92 Å². The summed E-state index contributed by atoms with van der Waals surface area (Å²) in [7, 11) is 0. The van der Waals surface area contributed by atoms with Crippen molar-refractivity contribution >= 4 is 41.2 Å². The molecule has 0 aliphatic carbocycles. The van der Waals surface area contributed by atoms with Gasteiger partial charge < -0.3 is 9.80 Å². The zero-order valence-electron chi connectivity index (χ0n) is 15.9. The third-order valence-corrected chi connectivity index (χ3v) is 5.98. The normalized spacial score (nSPS) is 19.9. The van der Waals surface area contributed by atoms with Crippen LogP contribution in [0.3, 0.4) is 0 Å². The van der Waals surface area contributed by atoms with Gasteiger partial charge in [0.1, 0.15) is 0 Å². The molecule has 148 valence electrons. The maximum Gasteiger partial charge on any atom is 0.246 e. The molecule has 2 aliphatic heterocycles. The Bertz CT molecular complexity index is 846. The van der Waals surface area contributed by atoms with Crippen LogP contribution < -0.4 is 15.1 Å². The van der Waals surface area contributed by atoms with Crippen LogP contribution in [0, 0.1) is 5.92 Å². The Labute approximate surface area is 168 Å². The summed E-state index contributed by atoms with van der Waals surface area (Å²) < 4.78 is 0. The molecule has 3 heterocycles. The summed E-state index contributed by atoms with van der Waals surface area (Å²) in [5.74, 6) is 0.298. The molecular weight excluding hydrogens is 376 g/mol. The van der Waals surface area contributed by atoms with Gasteiger partial charge in [0, 0.05) is 36.6 Å². The average molecular weight is 401 g/mol. The number of aromatic nitrogens is 3. The van der Waals surface area contributed by atoms with E-state index in [1.54, 1.807) is 16.7 Å². The number of nitrogens with zero attached hydrogens (tertiary/aromatic N) is 4. The van der Waals surface area contributed by atoms with Crippen molar-refractivity contribution in [3.05, 3.63) is 24.3 Å². The Morgan fingerprint density at radius 1 is 1.21 bits per heavy atom. The molecule has 1 unspecified atom stereocenters. The summed E-state index contributed by atoms with van der Waals surface area (Å²) in [4.78, 5) is 34.4. The first-order valence-corrected chi connectivity index (χ1v) is 10.8. The summed E-state index contributed by atoms with van der Waals surface area (Å²) in [6.45, 7) is 2.25. The number of rotatable bonds is 5. The van der Waals surface area contributed by atoms with Crippen LogP contribution in [0.5, 0.6) is 0 Å². The molecule has 0 radical (unpaired) electrons. The predicted octanol–water partition coefficient (Wildman–Crippen LogP) is 2.51. The van der Waals surface area contributed by atoms with Crippen molar-refractivity contribution in [2.75, 3.05) is 41.0 Å². The first-order chi connectivity index (χ1) is 13.6. The maximum absolute atomic E-state index is 12.6. The molecule has 2 N–H and O–H groups in total. The van der Waals surface area contributed by atoms with Crippen LogP contribution in [0.4, 0.5) is 17.6 Å². The van der Waals surface area contributed by atoms with Crippen LogP contribution in [0.1, 0.15) is 25.7 Å². The third kappa shape index (κ3) is 3.99. The number of hydrogen-bond donors (Lipinski definition) is 2. The van der Waals surface area contributed by atoms with Crippen LogP contribution in [-0.2, 0) is 9.59 Å². The molecule has 0 bridgehead atoms. The van der Waals surface area contributed by atoms with Gasteiger partial charge in [-0.05, 0) is 49.8 Å². The van der Waals surface area contributed by atoms with Crippen molar-refractivity contribution in [1.82, 2.24) is 15.2 Å². The molecular formula is C19H24N6O2S. The van der Waals surface area contributed by atoms with Crippen LogP contribution in [0.2, 0.25) is 0 Å². The SMILES string of the molecule is CSc1ccc(N2CC(C(=O)Nc3nc(N4CCCCC4)n[nH]3)CC2=O)cc1. The van der Waals surface area contributed by atoms with Gasteiger partial charge >= 0.3 is 0 Å². The van der Waals surface area contributed by atoms with Crippen molar-refractivity contribution in [3.8, 4) is 0 Å². The van der Waals surface area contributed by atoms with E-state index < -0.39 is 5.92 Å². The van der Waals surface area contributed by atoms with Crippen molar-refractivity contribution < 1.29 is 9.59 Å². The van der Waals surface area contributed by atoms with E-state index >= 15 is 0 Å². The van der Waals surface area contributed by atoms with Crippen LogP contribution in [0.25, 0.3) is 0 Å². The van der Waals surface area contributed by atoms with Gasteiger partial charge in [-0.1, -0.05) is 0 Å². The minimum absolute atomic E-state index is 0.0383. The molecule has 2 amide bonds. The highest BCUT2D eigenvalue weighted by molar-refractivity contribution is 7.98. The first-order valence-electron chi connectivity index (χ1n) is 9.56. The van der Waals surface area contributed by atoms with Crippen LogP contribution in [0.15, 0.2) is 29.2 Å². The fraction of sp³-hybridized carbons (Fsp3) is 0.474. The van der Waals surface area contributed by atoms with Crippen molar-refractivity contribution in [2.45, 2.75) is 30.6 Å². The fourth-order valence-electron chi connectivity index (χ4n) is 3.66. The molecule has 9 heteroatoms. The van der Waals surface area contributed by atoms with Crippen LogP contribution in [-0.4, -0.2) is 52.9 Å². The number of benzene rings is 1. The van der Waals surface area contributed by atoms with Gasteiger partial charge in [-0.25, -0.2) is 5.10 Å². The number of hydrogen-bond acceptors (Lipinski definition) is 6. The summed E-state index contributed by atoms with van der Waals surface area (Å²) in [6, 6.07) is 7.81. The fourth-order valence-corrected chi connectivity index (χ4v) is 4.07. The lowest BCUT2D eigenvalue weighted by atomic mass is 10.1. The standard InChI is InChI=1S/C19H24N6O2S/c1-28-15-7-5-14(6-8-15)25-12-13(11-16(25)26)17(27)20-18-21-19(23-22-18)24-9-3-2-4-10-24/h5-8,13H,2-4,9-12H2,1H3,(H2,20,21,22,23,27). The Hall–Kier alpha value is -2.55. The quantitative estimate of drug-likeness (QED) is 0.749. The van der Waals surface area contributed by atoms with Crippen molar-refractivity contribution in [1.29, 1.82) is 0 Å². The highest BCUT2D eigenvalue weighted by Crippen LogP contribution is 2.27. The largest absolute Gasteiger partial charge is 0.340 e. The van der Waals surface area contributed by atoms with Gasteiger partial charge in [0.25, 0.3) is 0 Å². The minimum atomic E-state index is -0.406. The highest BCUT2D eigenvalue weighted by atomic mass is 32.2. The number of piperidine rings is 1. The Kier molecular flexibility index (Phi) is 5.52. The zero-order valence-corrected chi connectivity index (χ0v) is 16.7. The Morgan fingerprint density at radius 2 is 1.96 bits per heavy atom. The molecule has 28 heavy (non-hydrogen) atoms. The van der Waals surface area contributed by atoms with Gasteiger partial charge in [0.2, 0.25) is 23.7 Å². The lowest BCUT2D eigenvalue weighted by molar-refractivity contribution is -0.122. The summed E-state index contributed by atoms with van der Waals surface area (Å²) in [5.41, 5.74) is 0.824. The third-order valence-electron chi connectivity index (χ3n) is 5.23. The molecule has 2 saturated heterocycles. The number of anilines is 3. The number of H-pyrrole nitrogens is 1. The number of nitrogens with one attached hydrogen (secondary N) is 2. The van der Waals surface area contributed by atoms with E-state index in [-0.39, 0.29) is 18.2 Å². The Balaban J connectivity index is 1.37. The number of carbonyl (C=O) groups is 2. The Morgan fingerprint density at radius 3 is 2.68 bits per heavy atom. The molecule has 0 spiro atoms. The summed E-state index contributed by atoms with van der Waals surface area (Å²) in [6.07, 6.45) is 5.71. The van der Waals surface area contributed by atoms with E-state index in [1.165, 1.54) is 6.42 Å². The summed E-state index contributed by atoms with van der Waals surface area (Å²) in [5, 5.41) is 9.77. The van der Waals surface area contributed by atoms with E-state index in [1.807, 2.05) is 30.5 Å². The monoisotopic (exact) mass is 400 g/mol. The second kappa shape index (κ2) is 8.22. The minimum Gasteiger partial charge on any atom is -0.340 e. The number of amides is 2. The van der Waals surface area contributed by atoms with Gasteiger partial charge in [0.15, 0.2) is 0 Å². The molecule has 0 saturated carbocycles. The molecule has 2 aromatic rings. The van der Waals surface area contributed by atoms with Crippen LogP contribution >= 0.6 is 11.8 Å². The second-order valence-electron chi connectivity index (χ2n) is 7.12. The van der Waals surface area contributed by atoms with E-state index in [2.05, 4.69) is 25.4 Å². The number of carbonyl (C=O) groups excluding carboxylic acids is 2. The van der Waals surface area contributed by atoms with Gasteiger partial charge in [-0.3, -0.25) is 14.9 Å². The van der Waals surface area contributed by atoms with Gasteiger partial charge in [-0.15, -0.1) is 16.9 Å². The predicted molar refractivity (Wildman–Crippen MR) is 110 cm³/mol. The number of aromatic amines is 1. The smallest absolute Gasteiger partial charge is 0.246 e. The lowest BCUT2D eigenvalue weighted by Crippen LogP contribution is -2.30. The molecule has 1 atom stereocenters. The second-order valence-corrected chi connectivity index (χ2v) is 8.00. The zero-order chi connectivity index (χ0) is 19.5. The maximum atomic E-state index is 12.6. The molecule has 1 aromatic heterocycles. The molecule has 8 nitrogen and oxygen atoms in total. The van der Waals surface area contributed by atoms with E-state index in [0.29, 0.717) is 18.4 Å². The lowest BCUT2D eigenvalue weighted by Gasteiger charge is -2.24. The van der Waals surface area contributed by atoms with E-state index in [0.717, 1.165) is 36.5 Å². The van der Waals surface area contributed by atoms with Crippen molar-refractivity contribution in [2.24, 2.45) is 5.92 Å². The number of thioether (sulfide) groups is 1. The molecule has 1 aromatic carbocycles. The van der Waals surface area contributed by atoms with E-state index in [9.17, 15) is 9.59 Å². The molecule has 4 rings (SSSR count). The first kappa shape index (κ1) is 18.8. The van der Waals surface area contributed by atoms with Gasteiger partial charge in [-0.2, -0.15) is 4.98 Å². The highest BCUT2D eigenvalue weighted by Gasteiger charge is 2.35. The summed E-state index contributed by atoms with van der Waals surface area (Å²) >= 11 is 1.65. The average Bonchev–Trinajstić information content (AvgIpc) is 3.35. The molecule has 2 fully saturated rings. The topological polar surface area (TPSA) is 94.2 Å².